The molecule has 1 saturated heterocycles. The van der Waals surface area contributed by atoms with Crippen LogP contribution in [0.25, 0.3) is 0 Å². The average Bonchev–Trinajstić information content (AvgIpc) is 3.20. The molecule has 3 rings (SSSR count). The van der Waals surface area contributed by atoms with Crippen molar-refractivity contribution in [3.8, 4) is 5.75 Å². The number of methoxy groups -OCH3 is 1. The molecule has 1 heterocycles. The molecule has 1 aliphatic heterocycles. The number of ether oxygens (including phenoxy) is 1. The summed E-state index contributed by atoms with van der Waals surface area (Å²) < 4.78 is 71.7. The molecule has 1 N–H and O–H groups in total. The Kier molecular flexibility index (Phi) is 6.54. The second kappa shape index (κ2) is 8.68. The molecule has 6 nitrogen and oxygen atoms in total. The predicted molar refractivity (Wildman–Crippen MR) is 110 cm³/mol. The number of amides is 1. The van der Waals surface area contributed by atoms with E-state index in [9.17, 15) is 26.4 Å². The molecular weight excluding hydrogens is 457 g/mol. The van der Waals surface area contributed by atoms with E-state index in [1.165, 1.54) is 13.2 Å². The fourth-order valence-electron chi connectivity index (χ4n) is 3.41. The van der Waals surface area contributed by atoms with E-state index in [-0.39, 0.29) is 28.6 Å². The standard InChI is InChI=1S/C20H20ClF3N2O4S/c1-12-5-7-14(30-2)11-18(12)31(28,29)26-9-3-4-17(26)19(27)25-16-10-13(20(22,23)24)6-8-15(16)21/h5-8,10-11,17H,3-4,9H2,1-2H3,(H,25,27)/t17-/m1/s1. The molecule has 1 aliphatic rings. The number of halogens is 4. The first kappa shape index (κ1) is 23.4. The van der Waals surface area contributed by atoms with E-state index in [1.807, 2.05) is 0 Å². The van der Waals surface area contributed by atoms with Gasteiger partial charge in [0.25, 0.3) is 0 Å². The van der Waals surface area contributed by atoms with Crippen molar-refractivity contribution in [3.63, 3.8) is 0 Å². The van der Waals surface area contributed by atoms with Crippen molar-refractivity contribution in [2.24, 2.45) is 0 Å². The minimum absolute atomic E-state index is 0.00338. The number of anilines is 1. The Hall–Kier alpha value is -2.30. The van der Waals surface area contributed by atoms with Gasteiger partial charge in [-0.1, -0.05) is 17.7 Å². The molecule has 31 heavy (non-hydrogen) atoms. The zero-order valence-corrected chi connectivity index (χ0v) is 18.2. The maximum absolute atomic E-state index is 13.3. The number of alkyl halides is 3. The van der Waals surface area contributed by atoms with Gasteiger partial charge in [-0.2, -0.15) is 17.5 Å². The lowest BCUT2D eigenvalue weighted by Crippen LogP contribution is -2.43. The maximum atomic E-state index is 13.3. The number of nitrogens with zero attached hydrogens (tertiary/aromatic N) is 1. The molecule has 0 aliphatic carbocycles. The number of carbonyl (C=O) groups excluding carboxylic acids is 1. The first-order valence-corrected chi connectivity index (χ1v) is 11.1. The number of sulfonamides is 1. The summed E-state index contributed by atoms with van der Waals surface area (Å²) in [5, 5.41) is 2.27. The SMILES string of the molecule is COc1ccc(C)c(S(=O)(=O)N2CCC[C@@H]2C(=O)Nc2cc(C(F)(F)F)ccc2Cl)c1. The zero-order valence-electron chi connectivity index (χ0n) is 16.7. The zero-order chi connectivity index (χ0) is 23.0. The molecule has 0 saturated carbocycles. The minimum atomic E-state index is -4.61. The number of hydrogen-bond acceptors (Lipinski definition) is 4. The van der Waals surface area contributed by atoms with Gasteiger partial charge in [-0.25, -0.2) is 8.42 Å². The number of benzene rings is 2. The van der Waals surface area contributed by atoms with Crippen LogP contribution in [-0.4, -0.2) is 38.3 Å². The number of rotatable bonds is 5. The lowest BCUT2D eigenvalue weighted by Gasteiger charge is -2.24. The van der Waals surface area contributed by atoms with Crippen LogP contribution in [-0.2, 0) is 21.0 Å². The number of carbonyl (C=O) groups is 1. The normalized spacial score (nSPS) is 17.5. The van der Waals surface area contributed by atoms with Crippen LogP contribution in [0, 0.1) is 6.92 Å². The molecule has 0 aromatic heterocycles. The van der Waals surface area contributed by atoms with Crippen molar-refractivity contribution in [2.45, 2.75) is 36.9 Å². The van der Waals surface area contributed by atoms with Crippen molar-refractivity contribution in [1.29, 1.82) is 0 Å². The summed E-state index contributed by atoms with van der Waals surface area (Å²) in [4.78, 5) is 12.8. The van der Waals surface area contributed by atoms with Crippen molar-refractivity contribution < 1.29 is 31.1 Å². The summed E-state index contributed by atoms with van der Waals surface area (Å²) in [6, 6.07) is 6.07. The third-order valence-corrected chi connectivity index (χ3v) is 7.42. The molecule has 0 unspecified atom stereocenters. The molecule has 11 heteroatoms. The molecule has 2 aromatic rings. The maximum Gasteiger partial charge on any atom is 0.416 e. The third kappa shape index (κ3) is 4.81. The molecule has 1 amide bonds. The summed E-state index contributed by atoms with van der Waals surface area (Å²) in [7, 11) is -2.64. The number of hydrogen-bond donors (Lipinski definition) is 1. The monoisotopic (exact) mass is 476 g/mol. The Balaban J connectivity index is 1.89. The molecule has 2 aromatic carbocycles. The quantitative estimate of drug-likeness (QED) is 0.691. The van der Waals surface area contributed by atoms with Crippen molar-refractivity contribution >= 4 is 33.2 Å². The van der Waals surface area contributed by atoms with E-state index in [1.54, 1.807) is 19.1 Å². The smallest absolute Gasteiger partial charge is 0.416 e. The molecule has 1 fully saturated rings. The van der Waals surface area contributed by atoms with Gasteiger partial charge < -0.3 is 10.1 Å². The Morgan fingerprint density at radius 2 is 1.94 bits per heavy atom. The van der Waals surface area contributed by atoms with Gasteiger partial charge >= 0.3 is 6.18 Å². The van der Waals surface area contributed by atoms with Crippen molar-refractivity contribution in [3.05, 3.63) is 52.5 Å². The van der Waals surface area contributed by atoms with Crippen LogP contribution >= 0.6 is 11.6 Å². The van der Waals surface area contributed by atoms with E-state index in [0.717, 1.165) is 22.5 Å². The summed E-state index contributed by atoms with van der Waals surface area (Å²) in [6.45, 7) is 1.73. The van der Waals surface area contributed by atoms with E-state index < -0.39 is 33.7 Å². The fraction of sp³-hybridized carbons (Fsp3) is 0.350. The van der Waals surface area contributed by atoms with Gasteiger partial charge in [-0.3, -0.25) is 4.79 Å². The lowest BCUT2D eigenvalue weighted by molar-refractivity contribution is -0.137. The molecule has 0 radical (unpaired) electrons. The second-order valence-electron chi connectivity index (χ2n) is 7.09. The first-order chi connectivity index (χ1) is 14.4. The van der Waals surface area contributed by atoms with Gasteiger partial charge in [0.05, 0.1) is 28.3 Å². The average molecular weight is 477 g/mol. The Morgan fingerprint density at radius 1 is 1.23 bits per heavy atom. The summed E-state index contributed by atoms with van der Waals surface area (Å²) in [5.41, 5.74) is -0.730. The van der Waals surface area contributed by atoms with Crippen LogP contribution < -0.4 is 10.1 Å². The predicted octanol–water partition coefficient (Wildman–Crippen LogP) is 4.47. The highest BCUT2D eigenvalue weighted by Gasteiger charge is 2.40. The summed E-state index contributed by atoms with van der Waals surface area (Å²) in [6.07, 6.45) is -3.96. The van der Waals surface area contributed by atoms with E-state index >= 15 is 0 Å². The highest BCUT2D eigenvalue weighted by molar-refractivity contribution is 7.89. The van der Waals surface area contributed by atoms with Gasteiger partial charge in [-0.05, 0) is 49.6 Å². The van der Waals surface area contributed by atoms with E-state index in [4.69, 9.17) is 16.3 Å². The number of aryl methyl sites for hydroxylation is 1. The largest absolute Gasteiger partial charge is 0.497 e. The molecule has 168 valence electrons. The topological polar surface area (TPSA) is 75.7 Å². The van der Waals surface area contributed by atoms with Gasteiger partial charge in [0.15, 0.2) is 0 Å². The molecule has 1 atom stereocenters. The molecule has 0 bridgehead atoms. The van der Waals surface area contributed by atoms with Crippen molar-refractivity contribution in [2.75, 3.05) is 19.0 Å². The van der Waals surface area contributed by atoms with Crippen LogP contribution in [0.2, 0.25) is 5.02 Å². The van der Waals surface area contributed by atoms with Gasteiger partial charge in [-0.15, -0.1) is 0 Å². The summed E-state index contributed by atoms with van der Waals surface area (Å²) >= 11 is 5.95. The Bertz CT molecular complexity index is 1110. The van der Waals surface area contributed by atoms with Crippen LogP contribution in [0.15, 0.2) is 41.3 Å². The minimum Gasteiger partial charge on any atom is -0.497 e. The van der Waals surface area contributed by atoms with Crippen LogP contribution in [0.5, 0.6) is 5.75 Å². The Labute approximate surface area is 183 Å². The highest BCUT2D eigenvalue weighted by atomic mass is 35.5. The molecular formula is C20H20ClF3N2O4S. The van der Waals surface area contributed by atoms with Crippen LogP contribution in [0.4, 0.5) is 18.9 Å². The van der Waals surface area contributed by atoms with Gasteiger partial charge in [0.2, 0.25) is 15.9 Å². The van der Waals surface area contributed by atoms with Gasteiger partial charge in [0, 0.05) is 12.6 Å². The van der Waals surface area contributed by atoms with Gasteiger partial charge in [0.1, 0.15) is 11.8 Å². The van der Waals surface area contributed by atoms with Crippen LogP contribution in [0.1, 0.15) is 24.0 Å². The van der Waals surface area contributed by atoms with E-state index in [0.29, 0.717) is 17.7 Å². The number of nitrogens with one attached hydrogen (secondary N) is 1. The van der Waals surface area contributed by atoms with E-state index in [2.05, 4.69) is 5.32 Å². The molecule has 0 spiro atoms. The Morgan fingerprint density at radius 3 is 2.58 bits per heavy atom. The van der Waals surface area contributed by atoms with Crippen molar-refractivity contribution in [1.82, 2.24) is 4.31 Å². The fourth-order valence-corrected chi connectivity index (χ4v) is 5.48. The third-order valence-electron chi connectivity index (χ3n) is 5.04. The summed E-state index contributed by atoms with van der Waals surface area (Å²) in [5.74, 6) is -0.400. The van der Waals surface area contributed by atoms with Crippen LogP contribution in [0.3, 0.4) is 0 Å². The lowest BCUT2D eigenvalue weighted by atomic mass is 10.1. The highest BCUT2D eigenvalue weighted by Crippen LogP contribution is 2.35. The second-order valence-corrected chi connectivity index (χ2v) is 9.35. The first-order valence-electron chi connectivity index (χ1n) is 9.29.